The summed E-state index contributed by atoms with van der Waals surface area (Å²) in [6.45, 7) is 5.74. The number of hydrogen-bond acceptors (Lipinski definition) is 3. The molecule has 0 amide bonds. The third-order valence-electron chi connectivity index (χ3n) is 4.15. The van der Waals surface area contributed by atoms with Crippen LogP contribution in [-0.4, -0.2) is 36.6 Å². The van der Waals surface area contributed by atoms with Crippen molar-refractivity contribution in [3.05, 3.63) is 28.5 Å². The quantitative estimate of drug-likeness (QED) is 0.887. The lowest BCUT2D eigenvalue weighted by molar-refractivity contribution is 0.154. The van der Waals surface area contributed by atoms with Crippen LogP contribution in [0.15, 0.2) is 22.9 Å². The van der Waals surface area contributed by atoms with Gasteiger partial charge in [-0.1, -0.05) is 13.3 Å². The lowest BCUT2D eigenvalue weighted by Crippen LogP contribution is -2.37. The molecule has 2 unspecified atom stereocenters. The second kappa shape index (κ2) is 8.11. The minimum atomic E-state index is 0.495. The van der Waals surface area contributed by atoms with E-state index < -0.39 is 0 Å². The Bertz CT molecular complexity index is 394. The zero-order valence-electron chi connectivity index (χ0n) is 12.6. The third-order valence-corrected chi connectivity index (χ3v) is 4.59. The molecule has 1 aromatic heterocycles. The number of likely N-dealkylation sites (tertiary alicyclic amines) is 1. The summed E-state index contributed by atoms with van der Waals surface area (Å²) >= 11 is 3.57. The van der Waals surface area contributed by atoms with E-state index in [1.165, 1.54) is 44.3 Å². The fourth-order valence-electron chi connectivity index (χ4n) is 3.40. The van der Waals surface area contributed by atoms with Crippen molar-refractivity contribution in [1.82, 2.24) is 15.2 Å². The molecule has 3 nitrogen and oxygen atoms in total. The van der Waals surface area contributed by atoms with Gasteiger partial charge in [0.2, 0.25) is 0 Å². The molecule has 20 heavy (non-hydrogen) atoms. The first kappa shape index (κ1) is 15.9. The molecule has 112 valence electrons. The summed E-state index contributed by atoms with van der Waals surface area (Å²) in [4.78, 5) is 7.05. The Morgan fingerprint density at radius 2 is 2.25 bits per heavy atom. The van der Waals surface area contributed by atoms with E-state index in [4.69, 9.17) is 0 Å². The number of rotatable bonds is 5. The summed E-state index contributed by atoms with van der Waals surface area (Å²) in [7, 11) is 2.06. The molecule has 1 fully saturated rings. The lowest BCUT2D eigenvalue weighted by atomic mass is 9.89. The summed E-state index contributed by atoms with van der Waals surface area (Å²) in [5, 5.41) is 3.38. The highest BCUT2D eigenvalue weighted by Crippen LogP contribution is 2.35. The number of aromatic nitrogens is 1. The van der Waals surface area contributed by atoms with Crippen LogP contribution in [0, 0.1) is 5.92 Å². The van der Waals surface area contributed by atoms with Gasteiger partial charge in [-0.05, 0) is 79.4 Å². The average molecular weight is 340 g/mol. The Hall–Kier alpha value is -0.450. The summed E-state index contributed by atoms with van der Waals surface area (Å²) in [6.07, 6.45) is 9.09. The molecule has 1 N–H and O–H groups in total. The van der Waals surface area contributed by atoms with Crippen molar-refractivity contribution in [1.29, 1.82) is 0 Å². The molecule has 4 heteroatoms. The van der Waals surface area contributed by atoms with Gasteiger partial charge in [-0.3, -0.25) is 9.88 Å². The van der Waals surface area contributed by atoms with E-state index in [-0.39, 0.29) is 0 Å². The molecule has 1 saturated heterocycles. The van der Waals surface area contributed by atoms with Crippen molar-refractivity contribution >= 4 is 15.9 Å². The second-order valence-corrected chi connectivity index (χ2v) is 6.65. The Balaban J connectivity index is 2.30. The minimum absolute atomic E-state index is 0.495. The zero-order valence-corrected chi connectivity index (χ0v) is 14.2. The fraction of sp³-hybridized carbons (Fsp3) is 0.688. The monoisotopic (exact) mass is 339 g/mol. The Morgan fingerprint density at radius 3 is 2.95 bits per heavy atom. The molecule has 0 bridgehead atoms. The van der Waals surface area contributed by atoms with E-state index in [2.05, 4.69) is 51.2 Å². The van der Waals surface area contributed by atoms with Gasteiger partial charge >= 0.3 is 0 Å². The maximum atomic E-state index is 4.39. The molecule has 2 atom stereocenters. The van der Waals surface area contributed by atoms with E-state index >= 15 is 0 Å². The third kappa shape index (κ3) is 4.03. The molecule has 2 rings (SSSR count). The van der Waals surface area contributed by atoms with Crippen molar-refractivity contribution in [2.24, 2.45) is 5.92 Å². The molecule has 0 aliphatic carbocycles. The van der Waals surface area contributed by atoms with E-state index in [1.54, 1.807) is 0 Å². The van der Waals surface area contributed by atoms with E-state index in [1.807, 2.05) is 12.4 Å². The highest BCUT2D eigenvalue weighted by atomic mass is 79.9. The summed E-state index contributed by atoms with van der Waals surface area (Å²) in [6, 6.07) is 2.74. The smallest absolute Gasteiger partial charge is 0.0410 e. The predicted octanol–water partition coefficient (Wildman–Crippen LogP) is 3.62. The van der Waals surface area contributed by atoms with Gasteiger partial charge in [0.15, 0.2) is 0 Å². The largest absolute Gasteiger partial charge is 0.319 e. The van der Waals surface area contributed by atoms with E-state index in [0.29, 0.717) is 12.0 Å². The molecule has 1 aromatic rings. The van der Waals surface area contributed by atoms with Crippen LogP contribution in [0.25, 0.3) is 0 Å². The van der Waals surface area contributed by atoms with Crippen LogP contribution in [0.5, 0.6) is 0 Å². The second-order valence-electron chi connectivity index (χ2n) is 5.73. The zero-order chi connectivity index (χ0) is 14.4. The molecule has 0 aromatic carbocycles. The Labute approximate surface area is 131 Å². The predicted molar refractivity (Wildman–Crippen MR) is 87.8 cm³/mol. The molecular weight excluding hydrogens is 314 g/mol. The molecule has 0 saturated carbocycles. The number of pyridine rings is 1. The molecular formula is C16H26BrN3. The van der Waals surface area contributed by atoms with Gasteiger partial charge in [0.1, 0.15) is 0 Å². The number of halogens is 1. The summed E-state index contributed by atoms with van der Waals surface area (Å²) in [5.41, 5.74) is 1.36. The van der Waals surface area contributed by atoms with Gasteiger partial charge < -0.3 is 5.32 Å². The standard InChI is InChI=1S/C16H26BrN3/c1-3-7-20-8-5-4-6-13(10-18-2)16(20)14-9-15(17)12-19-11-14/h9,11-13,16,18H,3-8,10H2,1-2H3. The highest BCUT2D eigenvalue weighted by molar-refractivity contribution is 9.10. The molecule has 0 spiro atoms. The maximum absolute atomic E-state index is 4.39. The number of hydrogen-bond donors (Lipinski definition) is 1. The van der Waals surface area contributed by atoms with Gasteiger partial charge in [0.25, 0.3) is 0 Å². The van der Waals surface area contributed by atoms with Gasteiger partial charge in [0.05, 0.1) is 0 Å². The van der Waals surface area contributed by atoms with E-state index in [0.717, 1.165) is 11.0 Å². The minimum Gasteiger partial charge on any atom is -0.319 e. The Kier molecular flexibility index (Phi) is 6.46. The van der Waals surface area contributed by atoms with Gasteiger partial charge in [0, 0.05) is 22.9 Å². The first-order valence-electron chi connectivity index (χ1n) is 7.75. The molecule has 0 radical (unpaired) electrons. The van der Waals surface area contributed by atoms with Gasteiger partial charge in [-0.2, -0.15) is 0 Å². The van der Waals surface area contributed by atoms with Gasteiger partial charge in [-0.15, -0.1) is 0 Å². The maximum Gasteiger partial charge on any atom is 0.0410 e. The lowest BCUT2D eigenvalue weighted by Gasteiger charge is -2.35. The Morgan fingerprint density at radius 1 is 1.40 bits per heavy atom. The topological polar surface area (TPSA) is 28.2 Å². The molecule has 1 aliphatic heterocycles. The van der Waals surface area contributed by atoms with Crippen LogP contribution in [0.4, 0.5) is 0 Å². The van der Waals surface area contributed by atoms with Crippen LogP contribution in [-0.2, 0) is 0 Å². The SMILES string of the molecule is CCCN1CCCCC(CNC)C1c1cncc(Br)c1. The number of nitrogens with one attached hydrogen (secondary N) is 1. The van der Waals surface area contributed by atoms with Crippen LogP contribution in [0.2, 0.25) is 0 Å². The van der Waals surface area contributed by atoms with Crippen LogP contribution >= 0.6 is 15.9 Å². The molecule has 2 heterocycles. The van der Waals surface area contributed by atoms with Crippen molar-refractivity contribution in [3.63, 3.8) is 0 Å². The first-order valence-corrected chi connectivity index (χ1v) is 8.54. The van der Waals surface area contributed by atoms with Crippen molar-refractivity contribution in [3.8, 4) is 0 Å². The van der Waals surface area contributed by atoms with Crippen molar-refractivity contribution in [2.45, 2.75) is 38.6 Å². The molecule has 1 aliphatic rings. The van der Waals surface area contributed by atoms with Crippen LogP contribution in [0.3, 0.4) is 0 Å². The van der Waals surface area contributed by atoms with Crippen LogP contribution in [0.1, 0.15) is 44.2 Å². The number of nitrogens with zero attached hydrogens (tertiary/aromatic N) is 2. The fourth-order valence-corrected chi connectivity index (χ4v) is 3.79. The van der Waals surface area contributed by atoms with Crippen LogP contribution < -0.4 is 5.32 Å². The van der Waals surface area contributed by atoms with Crippen molar-refractivity contribution in [2.75, 3.05) is 26.7 Å². The van der Waals surface area contributed by atoms with Gasteiger partial charge in [-0.25, -0.2) is 0 Å². The van der Waals surface area contributed by atoms with E-state index in [9.17, 15) is 0 Å². The summed E-state index contributed by atoms with van der Waals surface area (Å²) < 4.78 is 1.08. The summed E-state index contributed by atoms with van der Waals surface area (Å²) in [5.74, 6) is 0.671. The highest BCUT2D eigenvalue weighted by Gasteiger charge is 2.30. The normalized spacial score (nSPS) is 24.6. The van der Waals surface area contributed by atoms with Crippen molar-refractivity contribution < 1.29 is 0 Å². The average Bonchev–Trinajstić information content (AvgIpc) is 2.62. The first-order chi connectivity index (χ1) is 9.76.